The Hall–Kier alpha value is -1.78. The highest BCUT2D eigenvalue weighted by Gasteiger charge is 2.16. The molecule has 1 rings (SSSR count). The number of ketones is 1. The zero-order chi connectivity index (χ0) is 12.3. The lowest BCUT2D eigenvalue weighted by Gasteiger charge is -2.05. The van der Waals surface area contributed by atoms with E-state index in [2.05, 4.69) is 0 Å². The Bertz CT molecular complexity index is 360. The van der Waals surface area contributed by atoms with Gasteiger partial charge in [0.05, 0.1) is 0 Å². The van der Waals surface area contributed by atoms with Gasteiger partial charge in [0, 0.05) is 22.4 Å². The Morgan fingerprint density at radius 3 is 1.88 bits per heavy atom. The van der Waals surface area contributed by atoms with E-state index in [0.717, 1.165) is 0 Å². The Labute approximate surface area is 91.5 Å². The molecule has 0 spiro atoms. The molecule has 86 valence electrons. The lowest BCUT2D eigenvalue weighted by Crippen LogP contribution is -2.14. The highest BCUT2D eigenvalue weighted by atomic mass is 19.4. The molecule has 1 aromatic carbocycles. The summed E-state index contributed by atoms with van der Waals surface area (Å²) in [4.78, 5) is 22.4. The van der Waals surface area contributed by atoms with Crippen molar-refractivity contribution in [2.45, 2.75) is 13.8 Å². The number of rotatable bonds is 3. The second kappa shape index (κ2) is 4.83. The number of carbonyl (C=O) groups excluding carboxylic acids is 2. The molecule has 0 N–H and O–H groups in total. The molecule has 1 aromatic rings. The van der Waals surface area contributed by atoms with Gasteiger partial charge in [-0.2, -0.15) is 0 Å². The van der Waals surface area contributed by atoms with Crippen molar-refractivity contribution < 1.29 is 18.6 Å². The van der Waals surface area contributed by atoms with Crippen LogP contribution in [0.1, 0.15) is 34.6 Å². The van der Waals surface area contributed by atoms with Crippen LogP contribution < -0.4 is 0 Å². The smallest absolute Gasteiger partial charge is 0.294 e. The van der Waals surface area contributed by atoms with Gasteiger partial charge >= 0.3 is 5.91 Å². The quantitative estimate of drug-likeness (QED) is 0.588. The van der Waals surface area contributed by atoms with E-state index in [1.807, 2.05) is 0 Å². The molecule has 3 nitrogen and oxygen atoms in total. The summed E-state index contributed by atoms with van der Waals surface area (Å²) in [5.74, 6) is -1.64. The van der Waals surface area contributed by atoms with Crippen molar-refractivity contribution in [3.05, 3.63) is 35.4 Å². The zero-order valence-electron chi connectivity index (χ0n) is 8.91. The van der Waals surface area contributed by atoms with Gasteiger partial charge in [0.1, 0.15) is 0 Å². The summed E-state index contributed by atoms with van der Waals surface area (Å²) in [6.07, 6.45) is 0. The average molecular weight is 227 g/mol. The molecule has 0 aliphatic heterocycles. The first-order valence-corrected chi connectivity index (χ1v) is 4.73. The number of amides is 1. The van der Waals surface area contributed by atoms with Crippen molar-refractivity contribution in [2.75, 3.05) is 0 Å². The fraction of sp³-hybridized carbons (Fsp3) is 0.273. The Kier molecular flexibility index (Phi) is 3.71. The second-order valence-electron chi connectivity index (χ2n) is 3.63. The lowest BCUT2D eigenvalue weighted by atomic mass is 10.00. The fourth-order valence-electron chi connectivity index (χ4n) is 1.21. The molecule has 0 saturated carbocycles. The van der Waals surface area contributed by atoms with Crippen LogP contribution in [0.15, 0.2) is 24.3 Å². The minimum absolute atomic E-state index is 0.0867. The van der Waals surface area contributed by atoms with Crippen LogP contribution in [0.3, 0.4) is 0 Å². The number of halogens is 2. The molecule has 0 atom stereocenters. The van der Waals surface area contributed by atoms with Gasteiger partial charge in [0.15, 0.2) is 5.78 Å². The summed E-state index contributed by atoms with van der Waals surface area (Å²) < 4.78 is 23.8. The van der Waals surface area contributed by atoms with Gasteiger partial charge in [-0.1, -0.05) is 34.9 Å². The first-order valence-electron chi connectivity index (χ1n) is 4.73. The maximum atomic E-state index is 11.9. The Balaban J connectivity index is 2.92. The summed E-state index contributed by atoms with van der Waals surface area (Å²) in [6, 6.07) is 5.17. The average Bonchev–Trinajstić information content (AvgIpc) is 2.27. The number of hydrogen-bond acceptors (Lipinski definition) is 2. The maximum absolute atomic E-state index is 11.9. The van der Waals surface area contributed by atoms with Gasteiger partial charge in [0.2, 0.25) is 0 Å². The summed E-state index contributed by atoms with van der Waals surface area (Å²) in [5, 5.41) is -1.49. The lowest BCUT2D eigenvalue weighted by molar-refractivity contribution is -0.108. The predicted molar refractivity (Wildman–Crippen MR) is 54.0 cm³/mol. The number of nitrogens with zero attached hydrogens (tertiary/aromatic N) is 1. The van der Waals surface area contributed by atoms with E-state index in [-0.39, 0.29) is 17.3 Å². The van der Waals surface area contributed by atoms with Crippen LogP contribution in [0.4, 0.5) is 8.96 Å². The van der Waals surface area contributed by atoms with Crippen molar-refractivity contribution in [3.8, 4) is 0 Å². The van der Waals surface area contributed by atoms with Crippen LogP contribution in [-0.2, 0) is 0 Å². The van der Waals surface area contributed by atoms with Crippen molar-refractivity contribution in [2.24, 2.45) is 5.92 Å². The molecule has 0 saturated heterocycles. The molecule has 0 fully saturated rings. The van der Waals surface area contributed by atoms with Gasteiger partial charge in [-0.05, 0) is 12.1 Å². The first kappa shape index (κ1) is 12.3. The molecule has 0 unspecified atom stereocenters. The highest BCUT2D eigenvalue weighted by Crippen LogP contribution is 2.12. The van der Waals surface area contributed by atoms with Crippen molar-refractivity contribution in [3.63, 3.8) is 0 Å². The van der Waals surface area contributed by atoms with Crippen molar-refractivity contribution >= 4 is 11.7 Å². The molecule has 0 aliphatic carbocycles. The van der Waals surface area contributed by atoms with Crippen LogP contribution >= 0.6 is 0 Å². The number of carbonyl (C=O) groups is 2. The van der Waals surface area contributed by atoms with E-state index >= 15 is 0 Å². The molecule has 0 bridgehead atoms. The largest absolute Gasteiger partial charge is 0.314 e. The molecule has 1 amide bonds. The van der Waals surface area contributed by atoms with E-state index in [9.17, 15) is 18.6 Å². The van der Waals surface area contributed by atoms with Crippen LogP contribution in [-0.4, -0.2) is 17.0 Å². The van der Waals surface area contributed by atoms with Gasteiger partial charge in [-0.15, -0.1) is 0 Å². The van der Waals surface area contributed by atoms with Crippen LogP contribution in [0.2, 0.25) is 0 Å². The van der Waals surface area contributed by atoms with Crippen LogP contribution in [0.5, 0.6) is 0 Å². The molecule has 5 heteroatoms. The molecule has 16 heavy (non-hydrogen) atoms. The Morgan fingerprint density at radius 1 is 1.06 bits per heavy atom. The van der Waals surface area contributed by atoms with E-state index in [1.165, 1.54) is 24.3 Å². The van der Waals surface area contributed by atoms with Gasteiger partial charge in [-0.3, -0.25) is 9.59 Å². The second-order valence-corrected chi connectivity index (χ2v) is 3.63. The standard InChI is InChI=1S/C11H11F2NO2/c1-7(2)10(15)8-3-5-9(6-4-8)11(16)14(12)13/h3-7H,1-2H3. The number of benzene rings is 1. The molecule has 0 radical (unpaired) electrons. The normalized spacial score (nSPS) is 10.3. The zero-order valence-corrected chi connectivity index (χ0v) is 8.91. The van der Waals surface area contributed by atoms with Crippen LogP contribution in [0.25, 0.3) is 0 Å². The van der Waals surface area contributed by atoms with Gasteiger partial charge in [-0.25, -0.2) is 0 Å². The summed E-state index contributed by atoms with van der Waals surface area (Å²) in [7, 11) is 0. The molecule has 0 heterocycles. The highest BCUT2D eigenvalue weighted by molar-refractivity contribution is 5.99. The van der Waals surface area contributed by atoms with E-state index in [1.54, 1.807) is 13.8 Å². The monoisotopic (exact) mass is 227 g/mol. The molecule has 0 aliphatic rings. The van der Waals surface area contributed by atoms with Crippen LogP contribution in [0, 0.1) is 5.92 Å². The first-order chi connectivity index (χ1) is 7.43. The van der Waals surface area contributed by atoms with E-state index < -0.39 is 11.3 Å². The molecular weight excluding hydrogens is 216 g/mol. The van der Waals surface area contributed by atoms with E-state index in [4.69, 9.17) is 0 Å². The third-order valence-electron chi connectivity index (χ3n) is 2.09. The minimum Gasteiger partial charge on any atom is -0.294 e. The van der Waals surface area contributed by atoms with Crippen molar-refractivity contribution in [1.82, 2.24) is 5.34 Å². The molecular formula is C11H11F2NO2. The SMILES string of the molecule is CC(C)C(=O)c1ccc(C(=O)N(F)F)cc1. The van der Waals surface area contributed by atoms with Gasteiger partial charge < -0.3 is 0 Å². The summed E-state index contributed by atoms with van der Waals surface area (Å²) >= 11 is 0. The molecule has 0 aromatic heterocycles. The third-order valence-corrected chi connectivity index (χ3v) is 2.09. The Morgan fingerprint density at radius 2 is 1.50 bits per heavy atom. The minimum atomic E-state index is -1.49. The van der Waals surface area contributed by atoms with E-state index in [0.29, 0.717) is 5.56 Å². The predicted octanol–water partition coefficient (Wildman–Crippen LogP) is 2.74. The topological polar surface area (TPSA) is 37.4 Å². The van der Waals surface area contributed by atoms with Crippen molar-refractivity contribution in [1.29, 1.82) is 0 Å². The summed E-state index contributed by atoms with van der Waals surface area (Å²) in [5.41, 5.74) is 0.265. The fourth-order valence-corrected chi connectivity index (χ4v) is 1.21. The maximum Gasteiger partial charge on any atom is 0.314 e. The van der Waals surface area contributed by atoms with Gasteiger partial charge in [0.25, 0.3) is 0 Å². The number of Topliss-reactive ketones (excluding diaryl/α,β-unsaturated/α-hetero) is 1. The summed E-state index contributed by atoms with van der Waals surface area (Å²) in [6.45, 7) is 3.48. The number of hydrogen-bond donors (Lipinski definition) is 0. The third kappa shape index (κ3) is 2.62.